The van der Waals surface area contributed by atoms with Crippen LogP contribution in [0.5, 0.6) is 0 Å². The average molecular weight is 386 g/mol. The normalized spacial score (nSPS) is 15.6. The molecule has 3 amide bonds. The molecule has 0 aliphatic rings. The van der Waals surface area contributed by atoms with Gasteiger partial charge in [0.25, 0.3) is 0 Å². The topological polar surface area (TPSA) is 151 Å². The molecule has 0 bridgehead atoms. The van der Waals surface area contributed by atoms with E-state index in [2.05, 4.69) is 16.0 Å². The van der Waals surface area contributed by atoms with Gasteiger partial charge in [-0.05, 0) is 38.5 Å². The molecule has 0 aromatic heterocycles. The number of nitrogens with one attached hydrogen (secondary N) is 3. The Morgan fingerprint density at radius 2 is 1.19 bits per heavy atom. The van der Waals surface area contributed by atoms with Crippen molar-refractivity contribution in [1.82, 2.24) is 16.0 Å². The van der Waals surface area contributed by atoms with E-state index in [4.69, 9.17) is 5.73 Å². The minimum Gasteiger partial charge on any atom is -0.480 e. The van der Waals surface area contributed by atoms with Crippen LogP contribution in [0.3, 0.4) is 0 Å². The van der Waals surface area contributed by atoms with Crippen molar-refractivity contribution in [3.05, 3.63) is 0 Å². The Morgan fingerprint density at radius 1 is 0.741 bits per heavy atom. The fourth-order valence-corrected chi connectivity index (χ4v) is 2.38. The molecule has 0 aliphatic carbocycles. The van der Waals surface area contributed by atoms with Gasteiger partial charge in [-0.25, -0.2) is 4.79 Å². The second-order valence-corrected chi connectivity index (χ2v) is 7.74. The molecule has 0 rings (SSSR count). The van der Waals surface area contributed by atoms with Crippen LogP contribution in [-0.4, -0.2) is 53.0 Å². The fourth-order valence-electron chi connectivity index (χ4n) is 2.38. The SMILES string of the molecule is CC(C)CC(NC(=O)[C@H](C)NC(=O)C(CC(C)C)NC(=O)[C@H](C)N)C(=O)O. The maximum Gasteiger partial charge on any atom is 0.326 e. The van der Waals surface area contributed by atoms with Crippen LogP contribution in [-0.2, 0) is 19.2 Å². The molecule has 0 aromatic rings. The van der Waals surface area contributed by atoms with Gasteiger partial charge in [-0.1, -0.05) is 27.7 Å². The van der Waals surface area contributed by atoms with Crippen molar-refractivity contribution < 1.29 is 24.3 Å². The van der Waals surface area contributed by atoms with Crippen LogP contribution in [0, 0.1) is 11.8 Å². The average Bonchev–Trinajstić information content (AvgIpc) is 2.51. The van der Waals surface area contributed by atoms with Crippen LogP contribution in [0.4, 0.5) is 0 Å². The first-order chi connectivity index (χ1) is 12.3. The van der Waals surface area contributed by atoms with E-state index >= 15 is 0 Å². The summed E-state index contributed by atoms with van der Waals surface area (Å²) in [6.45, 7) is 10.5. The van der Waals surface area contributed by atoms with E-state index in [0.29, 0.717) is 6.42 Å². The third kappa shape index (κ3) is 9.93. The molecular formula is C18H34N4O5. The largest absolute Gasteiger partial charge is 0.480 e. The predicted molar refractivity (Wildman–Crippen MR) is 102 cm³/mol. The lowest BCUT2D eigenvalue weighted by Crippen LogP contribution is -2.56. The van der Waals surface area contributed by atoms with Gasteiger partial charge in [0.05, 0.1) is 6.04 Å². The lowest BCUT2D eigenvalue weighted by molar-refractivity contribution is -0.142. The molecular weight excluding hydrogens is 352 g/mol. The summed E-state index contributed by atoms with van der Waals surface area (Å²) in [7, 11) is 0. The third-order valence-electron chi connectivity index (χ3n) is 3.83. The van der Waals surface area contributed by atoms with Crippen molar-refractivity contribution >= 4 is 23.7 Å². The summed E-state index contributed by atoms with van der Waals surface area (Å²) in [6.07, 6.45) is 0.659. The molecule has 156 valence electrons. The Hall–Kier alpha value is -2.16. The number of carbonyl (C=O) groups excluding carboxylic acids is 3. The van der Waals surface area contributed by atoms with Gasteiger partial charge < -0.3 is 26.8 Å². The van der Waals surface area contributed by atoms with E-state index in [0.717, 1.165) is 0 Å². The van der Waals surface area contributed by atoms with E-state index in [9.17, 15) is 24.3 Å². The summed E-state index contributed by atoms with van der Waals surface area (Å²) in [5.41, 5.74) is 5.52. The minimum absolute atomic E-state index is 0.0835. The van der Waals surface area contributed by atoms with Crippen LogP contribution in [0.15, 0.2) is 0 Å². The highest BCUT2D eigenvalue weighted by Gasteiger charge is 2.28. The Bertz CT molecular complexity index is 534. The van der Waals surface area contributed by atoms with Gasteiger partial charge >= 0.3 is 5.97 Å². The van der Waals surface area contributed by atoms with Crippen molar-refractivity contribution in [2.24, 2.45) is 17.6 Å². The summed E-state index contributed by atoms with van der Waals surface area (Å²) in [5.74, 6) is -2.50. The number of amides is 3. The van der Waals surface area contributed by atoms with E-state index in [1.54, 1.807) is 0 Å². The maximum absolute atomic E-state index is 12.5. The molecule has 0 radical (unpaired) electrons. The number of carboxylic acids is 1. The number of carbonyl (C=O) groups is 4. The van der Waals surface area contributed by atoms with Crippen LogP contribution < -0.4 is 21.7 Å². The standard InChI is InChI=1S/C18H34N4O5/c1-9(2)7-13(21-15(23)11(5)19)17(25)20-12(6)16(24)22-14(18(26)27)8-10(3)4/h9-14H,7-8,19H2,1-6H3,(H,20,25)(H,21,23)(H,22,24)(H,26,27)/t11-,12-,13?,14?/m0/s1. The molecule has 0 saturated carbocycles. The van der Waals surface area contributed by atoms with Gasteiger partial charge in [0.1, 0.15) is 18.1 Å². The molecule has 6 N–H and O–H groups in total. The zero-order chi connectivity index (χ0) is 21.3. The lowest BCUT2D eigenvalue weighted by atomic mass is 10.0. The summed E-state index contributed by atoms with van der Waals surface area (Å²) in [6, 6.07) is -3.57. The van der Waals surface area contributed by atoms with E-state index in [1.165, 1.54) is 13.8 Å². The Labute approximate surface area is 160 Å². The number of hydrogen-bond donors (Lipinski definition) is 5. The van der Waals surface area contributed by atoms with Crippen LogP contribution in [0.2, 0.25) is 0 Å². The maximum atomic E-state index is 12.5. The first kappa shape index (κ1) is 24.8. The molecule has 0 aromatic carbocycles. The molecule has 27 heavy (non-hydrogen) atoms. The summed E-state index contributed by atoms with van der Waals surface area (Å²) in [5, 5.41) is 16.7. The van der Waals surface area contributed by atoms with Crippen molar-refractivity contribution in [3.8, 4) is 0 Å². The monoisotopic (exact) mass is 386 g/mol. The first-order valence-corrected chi connectivity index (χ1v) is 9.24. The minimum atomic E-state index is -1.13. The highest BCUT2D eigenvalue weighted by molar-refractivity contribution is 5.93. The highest BCUT2D eigenvalue weighted by Crippen LogP contribution is 2.07. The van der Waals surface area contributed by atoms with Crippen molar-refractivity contribution in [3.63, 3.8) is 0 Å². The van der Waals surface area contributed by atoms with E-state index < -0.39 is 47.9 Å². The van der Waals surface area contributed by atoms with E-state index in [1.807, 2.05) is 27.7 Å². The van der Waals surface area contributed by atoms with Crippen LogP contribution >= 0.6 is 0 Å². The van der Waals surface area contributed by atoms with Crippen molar-refractivity contribution in [2.45, 2.75) is 78.6 Å². The molecule has 0 saturated heterocycles. The fraction of sp³-hybridized carbons (Fsp3) is 0.778. The van der Waals surface area contributed by atoms with E-state index in [-0.39, 0.29) is 18.3 Å². The van der Waals surface area contributed by atoms with Gasteiger partial charge in [-0.2, -0.15) is 0 Å². The smallest absolute Gasteiger partial charge is 0.326 e. The first-order valence-electron chi connectivity index (χ1n) is 9.24. The molecule has 0 heterocycles. The number of rotatable bonds is 11. The summed E-state index contributed by atoms with van der Waals surface area (Å²) >= 11 is 0. The zero-order valence-electron chi connectivity index (χ0n) is 17.0. The second kappa shape index (κ2) is 11.5. The molecule has 0 aliphatic heterocycles. The molecule has 0 fully saturated rings. The molecule has 4 atom stereocenters. The molecule has 2 unspecified atom stereocenters. The number of hydrogen-bond acceptors (Lipinski definition) is 5. The third-order valence-corrected chi connectivity index (χ3v) is 3.83. The Kier molecular flexibility index (Phi) is 10.6. The van der Waals surface area contributed by atoms with Crippen LogP contribution in [0.25, 0.3) is 0 Å². The lowest BCUT2D eigenvalue weighted by Gasteiger charge is -2.24. The molecule has 0 spiro atoms. The summed E-state index contributed by atoms with van der Waals surface area (Å²) in [4.78, 5) is 47.8. The van der Waals surface area contributed by atoms with Gasteiger partial charge in [0.15, 0.2) is 0 Å². The highest BCUT2D eigenvalue weighted by atomic mass is 16.4. The summed E-state index contributed by atoms with van der Waals surface area (Å²) < 4.78 is 0. The number of aliphatic carboxylic acids is 1. The van der Waals surface area contributed by atoms with Crippen molar-refractivity contribution in [1.29, 1.82) is 0 Å². The molecule has 9 heteroatoms. The predicted octanol–water partition coefficient (Wildman–Crippen LogP) is -0.0153. The quantitative estimate of drug-likeness (QED) is 0.337. The number of carboxylic acid groups (broad SMARTS) is 1. The zero-order valence-corrected chi connectivity index (χ0v) is 17.0. The van der Waals surface area contributed by atoms with Gasteiger partial charge in [0, 0.05) is 0 Å². The number of nitrogens with two attached hydrogens (primary N) is 1. The van der Waals surface area contributed by atoms with Gasteiger partial charge in [-0.3, -0.25) is 14.4 Å². The Morgan fingerprint density at radius 3 is 1.59 bits per heavy atom. The van der Waals surface area contributed by atoms with Gasteiger partial charge in [0.2, 0.25) is 17.7 Å². The van der Waals surface area contributed by atoms with Crippen LogP contribution in [0.1, 0.15) is 54.4 Å². The van der Waals surface area contributed by atoms with Gasteiger partial charge in [-0.15, -0.1) is 0 Å². The Balaban J connectivity index is 4.95. The van der Waals surface area contributed by atoms with Crippen molar-refractivity contribution in [2.75, 3.05) is 0 Å². The second-order valence-electron chi connectivity index (χ2n) is 7.74. The molecule has 9 nitrogen and oxygen atoms in total.